The van der Waals surface area contributed by atoms with E-state index in [4.69, 9.17) is 4.74 Å². The van der Waals surface area contributed by atoms with E-state index in [-0.39, 0.29) is 23.5 Å². The molecule has 2 amide bonds. The van der Waals surface area contributed by atoms with Gasteiger partial charge in [-0.2, -0.15) is 0 Å². The molecule has 1 N–H and O–H groups in total. The first-order chi connectivity index (χ1) is 13.0. The molecule has 2 aliphatic heterocycles. The molecular formula is C21H29N3O3. The van der Waals surface area contributed by atoms with Crippen LogP contribution in [0.25, 0.3) is 0 Å². The summed E-state index contributed by atoms with van der Waals surface area (Å²) in [7, 11) is 0. The summed E-state index contributed by atoms with van der Waals surface area (Å²) in [5.74, 6) is 0.398. The lowest BCUT2D eigenvalue weighted by molar-refractivity contribution is -0.123. The highest BCUT2D eigenvalue weighted by molar-refractivity contribution is 5.78. The lowest BCUT2D eigenvalue weighted by atomic mass is 9.91. The summed E-state index contributed by atoms with van der Waals surface area (Å²) >= 11 is 0. The van der Waals surface area contributed by atoms with Crippen LogP contribution in [-0.2, 0) is 9.53 Å². The van der Waals surface area contributed by atoms with Crippen LogP contribution in [0.1, 0.15) is 44.1 Å². The zero-order valence-corrected chi connectivity index (χ0v) is 16.0. The highest BCUT2D eigenvalue weighted by atomic mass is 16.6. The van der Waals surface area contributed by atoms with Gasteiger partial charge in [-0.1, -0.05) is 37.3 Å². The molecule has 3 aliphatic rings. The van der Waals surface area contributed by atoms with Crippen molar-refractivity contribution in [3.63, 3.8) is 0 Å². The molecule has 0 unspecified atom stereocenters. The maximum absolute atomic E-state index is 12.4. The number of nitrogens with one attached hydrogen (secondary N) is 1. The van der Waals surface area contributed by atoms with Crippen LogP contribution < -0.4 is 5.32 Å². The molecule has 1 aromatic carbocycles. The van der Waals surface area contributed by atoms with E-state index in [1.165, 1.54) is 5.56 Å². The smallest absolute Gasteiger partial charge is 0.410 e. The summed E-state index contributed by atoms with van der Waals surface area (Å²) in [4.78, 5) is 28.4. The van der Waals surface area contributed by atoms with E-state index in [1.54, 1.807) is 0 Å². The largest absolute Gasteiger partial charge is 0.441 e. The first kappa shape index (κ1) is 18.3. The van der Waals surface area contributed by atoms with Gasteiger partial charge in [-0.25, -0.2) is 4.79 Å². The van der Waals surface area contributed by atoms with Crippen molar-refractivity contribution >= 4 is 12.0 Å². The predicted molar refractivity (Wildman–Crippen MR) is 102 cm³/mol. The van der Waals surface area contributed by atoms with Crippen LogP contribution >= 0.6 is 0 Å². The molecule has 6 heteroatoms. The number of likely N-dealkylation sites (tertiary alicyclic amines) is 1. The molecule has 0 radical (unpaired) electrons. The summed E-state index contributed by atoms with van der Waals surface area (Å²) in [5.41, 5.74) is 0.861. The molecule has 2 saturated heterocycles. The Hall–Kier alpha value is -2.08. The average Bonchev–Trinajstić information content (AvgIpc) is 3.42. The fourth-order valence-corrected chi connectivity index (χ4v) is 4.13. The fraction of sp³-hybridized carbons (Fsp3) is 0.619. The van der Waals surface area contributed by atoms with Crippen LogP contribution in [0.3, 0.4) is 0 Å². The van der Waals surface area contributed by atoms with E-state index in [0.29, 0.717) is 25.7 Å². The van der Waals surface area contributed by atoms with Gasteiger partial charge in [0.05, 0.1) is 13.1 Å². The molecule has 1 atom stereocenters. The number of nitrogens with zero attached hydrogens (tertiary/aromatic N) is 2. The van der Waals surface area contributed by atoms with Crippen molar-refractivity contribution in [3.05, 3.63) is 35.9 Å². The summed E-state index contributed by atoms with van der Waals surface area (Å²) in [5, 5.41) is 3.04. The van der Waals surface area contributed by atoms with Crippen LogP contribution in [0.2, 0.25) is 0 Å². The van der Waals surface area contributed by atoms with Crippen LogP contribution in [0.5, 0.6) is 0 Å². The molecule has 1 saturated carbocycles. The van der Waals surface area contributed by atoms with Gasteiger partial charge in [0.25, 0.3) is 0 Å². The first-order valence-electron chi connectivity index (χ1n) is 10.1. The molecule has 27 heavy (non-hydrogen) atoms. The van der Waals surface area contributed by atoms with Crippen LogP contribution in [-0.4, -0.2) is 66.2 Å². The predicted octanol–water partition coefficient (Wildman–Crippen LogP) is 2.36. The number of benzene rings is 1. The van der Waals surface area contributed by atoms with Gasteiger partial charge in [0, 0.05) is 38.5 Å². The molecule has 3 fully saturated rings. The van der Waals surface area contributed by atoms with Gasteiger partial charge in [0.1, 0.15) is 5.60 Å². The normalized spacial score (nSPS) is 23.3. The SMILES string of the molecule is C[C@H](CN1CC2(CCN(CC(=O)NC3CC3)CC2)OC1=O)c1ccccc1. The van der Waals surface area contributed by atoms with Gasteiger partial charge in [-0.05, 0) is 24.3 Å². The van der Waals surface area contributed by atoms with Crippen molar-refractivity contribution < 1.29 is 14.3 Å². The second-order valence-corrected chi connectivity index (χ2v) is 8.36. The molecule has 1 spiro atoms. The molecule has 146 valence electrons. The van der Waals surface area contributed by atoms with Gasteiger partial charge < -0.3 is 15.0 Å². The molecular weight excluding hydrogens is 342 g/mol. The zero-order valence-electron chi connectivity index (χ0n) is 16.0. The molecule has 0 bridgehead atoms. The molecule has 0 aromatic heterocycles. The molecule has 1 aliphatic carbocycles. The minimum Gasteiger partial charge on any atom is -0.441 e. The van der Waals surface area contributed by atoms with Crippen molar-refractivity contribution in [1.82, 2.24) is 15.1 Å². The van der Waals surface area contributed by atoms with Gasteiger partial charge in [-0.3, -0.25) is 9.69 Å². The van der Waals surface area contributed by atoms with E-state index in [0.717, 1.165) is 38.8 Å². The molecule has 2 heterocycles. The second kappa shape index (κ2) is 7.50. The van der Waals surface area contributed by atoms with Gasteiger partial charge >= 0.3 is 6.09 Å². The van der Waals surface area contributed by atoms with Crippen LogP contribution in [0.15, 0.2) is 30.3 Å². The zero-order chi connectivity index (χ0) is 18.9. The first-order valence-corrected chi connectivity index (χ1v) is 10.1. The Morgan fingerprint density at radius 2 is 1.96 bits per heavy atom. The summed E-state index contributed by atoms with van der Waals surface area (Å²) in [6.45, 7) is 5.54. The van der Waals surface area contributed by atoms with E-state index < -0.39 is 0 Å². The fourth-order valence-electron chi connectivity index (χ4n) is 4.13. The number of carbonyl (C=O) groups is 2. The Labute approximate surface area is 160 Å². The van der Waals surface area contributed by atoms with Crippen molar-refractivity contribution in [2.24, 2.45) is 0 Å². The number of ether oxygens (including phenoxy) is 1. The Morgan fingerprint density at radius 3 is 2.63 bits per heavy atom. The van der Waals surface area contributed by atoms with Crippen molar-refractivity contribution in [2.45, 2.75) is 50.2 Å². The van der Waals surface area contributed by atoms with Crippen molar-refractivity contribution in [2.75, 3.05) is 32.7 Å². The van der Waals surface area contributed by atoms with Crippen LogP contribution in [0, 0.1) is 0 Å². The third kappa shape index (κ3) is 4.43. The standard InChI is InChI=1S/C21H29N3O3/c1-16(17-5-3-2-4-6-17)13-24-15-21(27-20(24)26)9-11-23(12-10-21)14-19(25)22-18-7-8-18/h2-6,16,18H,7-15H2,1H3,(H,22,25)/t16-/m1/s1. The third-order valence-corrected chi connectivity index (χ3v) is 5.98. The number of hydrogen-bond acceptors (Lipinski definition) is 4. The van der Waals surface area contributed by atoms with E-state index >= 15 is 0 Å². The maximum Gasteiger partial charge on any atom is 0.410 e. The summed E-state index contributed by atoms with van der Waals surface area (Å²) < 4.78 is 5.83. The molecule has 4 rings (SSSR count). The summed E-state index contributed by atoms with van der Waals surface area (Å²) in [6.07, 6.45) is 3.62. The Kier molecular flexibility index (Phi) is 5.08. The summed E-state index contributed by atoms with van der Waals surface area (Å²) in [6, 6.07) is 10.7. The number of amides is 2. The van der Waals surface area contributed by atoms with Crippen molar-refractivity contribution in [3.8, 4) is 0 Å². The quantitative estimate of drug-likeness (QED) is 0.834. The number of piperidine rings is 1. The van der Waals surface area contributed by atoms with Gasteiger partial charge in [-0.15, -0.1) is 0 Å². The lowest BCUT2D eigenvalue weighted by Gasteiger charge is -2.37. The molecule has 1 aromatic rings. The monoisotopic (exact) mass is 371 g/mol. The topological polar surface area (TPSA) is 61.9 Å². The maximum atomic E-state index is 12.4. The average molecular weight is 371 g/mol. The minimum absolute atomic E-state index is 0.121. The lowest BCUT2D eigenvalue weighted by Crippen LogP contribution is -2.49. The Balaban J connectivity index is 1.28. The second-order valence-electron chi connectivity index (χ2n) is 8.36. The Morgan fingerprint density at radius 1 is 1.26 bits per heavy atom. The highest BCUT2D eigenvalue weighted by Crippen LogP contribution is 2.34. The molecule has 6 nitrogen and oxygen atoms in total. The van der Waals surface area contributed by atoms with E-state index in [1.807, 2.05) is 23.1 Å². The Bertz CT molecular complexity index is 681. The van der Waals surface area contributed by atoms with Crippen molar-refractivity contribution in [1.29, 1.82) is 0 Å². The number of rotatable bonds is 6. The highest BCUT2D eigenvalue weighted by Gasteiger charge is 2.47. The van der Waals surface area contributed by atoms with Gasteiger partial charge in [0.2, 0.25) is 5.91 Å². The minimum atomic E-state index is -0.378. The number of carbonyl (C=O) groups excluding carboxylic acids is 2. The number of hydrogen-bond donors (Lipinski definition) is 1. The van der Waals surface area contributed by atoms with Crippen LogP contribution in [0.4, 0.5) is 4.79 Å². The van der Waals surface area contributed by atoms with E-state index in [9.17, 15) is 9.59 Å². The van der Waals surface area contributed by atoms with Gasteiger partial charge in [0.15, 0.2) is 0 Å². The van der Waals surface area contributed by atoms with E-state index in [2.05, 4.69) is 29.3 Å². The third-order valence-electron chi connectivity index (χ3n) is 5.98.